The molecule has 2 heterocycles. The fraction of sp³-hybridized carbons (Fsp3) is 0.846. The van der Waals surface area contributed by atoms with Gasteiger partial charge >= 0.3 is 5.97 Å². The fourth-order valence-electron chi connectivity index (χ4n) is 4.36. The molecular formula is C26H45F2NO9Si. The standard InChI is InChI=1S/C26H45F2NO9Si/c1-12-25(27,28)15-34-20(18-14-35-24(6,7)36-18)21-19(29-16(2)30)17(38-39(10,11)23(3,4)5)13-26(33-9,37-21)22(31)32-8/h12,17-21H,1,13-15H2,2-11H3,(H,29,30)/t17-,18+,19+,20+,21+,26-/m0/s1. The van der Waals surface area contributed by atoms with Crippen LogP contribution in [0, 0.1) is 0 Å². The number of esters is 1. The SMILES string of the molecule is C=CC(F)(F)CO[C@@H]([C@@H]1O[C@](OC)(C(=O)OC)C[C@H](O[Si](C)(C)C(C)(C)C)[C@H]1NC(C)=O)[C@H]1COC(C)(C)O1. The molecule has 2 aliphatic heterocycles. The first-order valence-corrected chi connectivity index (χ1v) is 15.8. The van der Waals surface area contributed by atoms with Crippen LogP contribution in [0.3, 0.4) is 0 Å². The zero-order valence-electron chi connectivity index (χ0n) is 24.7. The zero-order chi connectivity index (χ0) is 30.0. The molecule has 0 aromatic rings. The summed E-state index contributed by atoms with van der Waals surface area (Å²) in [6.07, 6.45) is -3.90. The summed E-state index contributed by atoms with van der Waals surface area (Å²) < 4.78 is 69.7. The number of methoxy groups -OCH3 is 2. The van der Waals surface area contributed by atoms with E-state index in [2.05, 4.69) is 11.9 Å². The third kappa shape index (κ3) is 8.05. The molecule has 0 aromatic carbocycles. The van der Waals surface area contributed by atoms with Gasteiger partial charge in [-0.2, -0.15) is 8.78 Å². The minimum Gasteiger partial charge on any atom is -0.465 e. The Morgan fingerprint density at radius 1 is 1.21 bits per heavy atom. The van der Waals surface area contributed by atoms with Gasteiger partial charge in [0.15, 0.2) is 14.1 Å². The van der Waals surface area contributed by atoms with Crippen LogP contribution in [0.1, 0.15) is 48.0 Å². The highest BCUT2D eigenvalue weighted by atomic mass is 28.4. The quantitative estimate of drug-likeness (QED) is 0.223. The van der Waals surface area contributed by atoms with Gasteiger partial charge in [-0.25, -0.2) is 4.79 Å². The van der Waals surface area contributed by atoms with Crippen molar-refractivity contribution < 1.29 is 51.2 Å². The summed E-state index contributed by atoms with van der Waals surface area (Å²) in [7, 11) is -0.0684. The molecule has 2 rings (SSSR count). The lowest BCUT2D eigenvalue weighted by Crippen LogP contribution is -2.70. The van der Waals surface area contributed by atoms with Gasteiger partial charge in [-0.15, -0.1) is 0 Å². The molecule has 1 N–H and O–H groups in total. The highest BCUT2D eigenvalue weighted by Gasteiger charge is 2.59. The Kier molecular flexibility index (Phi) is 10.5. The highest BCUT2D eigenvalue weighted by Crippen LogP contribution is 2.43. The van der Waals surface area contributed by atoms with Crippen molar-refractivity contribution in [2.45, 2.75) is 114 Å². The maximum Gasteiger partial charge on any atom is 0.366 e. The van der Waals surface area contributed by atoms with E-state index in [0.29, 0.717) is 6.08 Å². The largest absolute Gasteiger partial charge is 0.465 e. The maximum atomic E-state index is 14.3. The van der Waals surface area contributed by atoms with Crippen molar-refractivity contribution in [1.82, 2.24) is 5.32 Å². The molecule has 1 amide bonds. The summed E-state index contributed by atoms with van der Waals surface area (Å²) in [5.74, 6) is -7.65. The summed E-state index contributed by atoms with van der Waals surface area (Å²) in [5.41, 5.74) is 0. The molecular weight excluding hydrogens is 536 g/mol. The molecule has 13 heteroatoms. The minimum absolute atomic E-state index is 0.0179. The second-order valence-electron chi connectivity index (χ2n) is 12.0. The predicted octanol–water partition coefficient (Wildman–Crippen LogP) is 3.54. The first-order valence-electron chi connectivity index (χ1n) is 12.9. The van der Waals surface area contributed by atoms with Crippen molar-refractivity contribution in [1.29, 1.82) is 0 Å². The fourth-order valence-corrected chi connectivity index (χ4v) is 5.70. The lowest BCUT2D eigenvalue weighted by Gasteiger charge is -2.51. The van der Waals surface area contributed by atoms with Gasteiger partial charge in [0, 0.05) is 20.5 Å². The Morgan fingerprint density at radius 2 is 1.82 bits per heavy atom. The Labute approximate surface area is 231 Å². The molecule has 2 fully saturated rings. The number of amides is 1. The summed E-state index contributed by atoms with van der Waals surface area (Å²) in [6, 6.07) is -0.931. The van der Waals surface area contributed by atoms with Crippen LogP contribution in [0.15, 0.2) is 12.7 Å². The van der Waals surface area contributed by atoms with E-state index < -0.39 is 74.8 Å². The topological polar surface area (TPSA) is 111 Å². The number of hydrogen-bond donors (Lipinski definition) is 1. The van der Waals surface area contributed by atoms with Gasteiger partial charge in [-0.1, -0.05) is 27.4 Å². The lowest BCUT2D eigenvalue weighted by molar-refractivity contribution is -0.309. The van der Waals surface area contributed by atoms with Gasteiger partial charge in [-0.05, 0) is 38.1 Å². The van der Waals surface area contributed by atoms with E-state index in [1.54, 1.807) is 13.8 Å². The van der Waals surface area contributed by atoms with Crippen molar-refractivity contribution in [2.75, 3.05) is 27.4 Å². The average molecular weight is 582 g/mol. The van der Waals surface area contributed by atoms with Gasteiger partial charge < -0.3 is 38.2 Å². The van der Waals surface area contributed by atoms with Gasteiger partial charge in [0.05, 0.1) is 25.9 Å². The van der Waals surface area contributed by atoms with Gasteiger partial charge in [0.2, 0.25) is 5.91 Å². The smallest absolute Gasteiger partial charge is 0.366 e. The normalized spacial score (nSPS) is 30.5. The summed E-state index contributed by atoms with van der Waals surface area (Å²) >= 11 is 0. The molecule has 0 aromatic heterocycles. The number of carbonyl (C=O) groups is 2. The van der Waals surface area contributed by atoms with E-state index in [4.69, 9.17) is 32.8 Å². The summed E-state index contributed by atoms with van der Waals surface area (Å²) in [5, 5.41) is 2.61. The molecule has 6 atom stereocenters. The Balaban J connectivity index is 2.68. The van der Waals surface area contributed by atoms with Crippen LogP contribution in [-0.2, 0) is 42.4 Å². The van der Waals surface area contributed by atoms with Crippen molar-refractivity contribution in [2.24, 2.45) is 0 Å². The van der Waals surface area contributed by atoms with E-state index in [1.165, 1.54) is 21.1 Å². The molecule has 39 heavy (non-hydrogen) atoms. The van der Waals surface area contributed by atoms with Crippen molar-refractivity contribution >= 4 is 20.2 Å². The Hall–Kier alpha value is -1.48. The molecule has 0 unspecified atom stereocenters. The third-order valence-corrected chi connectivity index (χ3v) is 12.0. The van der Waals surface area contributed by atoms with E-state index in [0.717, 1.165) is 0 Å². The molecule has 2 aliphatic rings. The van der Waals surface area contributed by atoms with Gasteiger partial charge in [0.1, 0.15) is 24.9 Å². The van der Waals surface area contributed by atoms with Crippen molar-refractivity contribution in [3.63, 3.8) is 0 Å². The first-order chi connectivity index (χ1) is 17.7. The molecule has 10 nitrogen and oxygen atoms in total. The van der Waals surface area contributed by atoms with Crippen LogP contribution in [0.25, 0.3) is 0 Å². The first kappa shape index (κ1) is 33.7. The molecule has 0 radical (unpaired) electrons. The van der Waals surface area contributed by atoms with Crippen molar-refractivity contribution in [3.8, 4) is 0 Å². The van der Waals surface area contributed by atoms with Crippen LogP contribution in [0.2, 0.25) is 18.1 Å². The van der Waals surface area contributed by atoms with E-state index in [9.17, 15) is 18.4 Å². The number of ether oxygens (including phenoxy) is 6. The van der Waals surface area contributed by atoms with Gasteiger partial charge in [-0.3, -0.25) is 4.79 Å². The minimum atomic E-state index is -3.37. The lowest BCUT2D eigenvalue weighted by atomic mass is 9.88. The highest BCUT2D eigenvalue weighted by molar-refractivity contribution is 6.74. The molecule has 226 valence electrons. The molecule has 0 bridgehead atoms. The number of rotatable bonds is 11. The number of alkyl halides is 2. The average Bonchev–Trinajstić information content (AvgIpc) is 3.18. The predicted molar refractivity (Wildman–Crippen MR) is 141 cm³/mol. The number of halogens is 2. The van der Waals surface area contributed by atoms with Crippen LogP contribution in [0.5, 0.6) is 0 Å². The monoisotopic (exact) mass is 581 g/mol. The van der Waals surface area contributed by atoms with E-state index >= 15 is 0 Å². The molecule has 0 aliphatic carbocycles. The van der Waals surface area contributed by atoms with E-state index in [-0.39, 0.29) is 18.1 Å². The van der Waals surface area contributed by atoms with Crippen molar-refractivity contribution in [3.05, 3.63) is 12.7 Å². The second-order valence-corrected chi connectivity index (χ2v) is 16.7. The molecule has 2 saturated heterocycles. The Morgan fingerprint density at radius 3 is 2.26 bits per heavy atom. The van der Waals surface area contributed by atoms with Crippen LogP contribution in [-0.4, -0.2) is 95.6 Å². The maximum absolute atomic E-state index is 14.3. The third-order valence-electron chi connectivity index (χ3n) is 7.49. The molecule has 0 spiro atoms. The second kappa shape index (κ2) is 12.2. The Bertz CT molecular complexity index is 895. The van der Waals surface area contributed by atoms with E-state index in [1.807, 2.05) is 33.9 Å². The number of nitrogens with one attached hydrogen (secondary N) is 1. The number of carbonyl (C=O) groups excluding carboxylic acids is 2. The zero-order valence-corrected chi connectivity index (χ0v) is 25.7. The van der Waals surface area contributed by atoms with Crippen LogP contribution < -0.4 is 5.32 Å². The van der Waals surface area contributed by atoms with Gasteiger partial charge in [0.25, 0.3) is 11.7 Å². The van der Waals surface area contributed by atoms with Crippen LogP contribution >= 0.6 is 0 Å². The number of hydrogen-bond acceptors (Lipinski definition) is 9. The summed E-state index contributed by atoms with van der Waals surface area (Å²) in [6.45, 7) is 16.9. The molecule has 0 saturated carbocycles. The summed E-state index contributed by atoms with van der Waals surface area (Å²) in [4.78, 5) is 25.5. The van der Waals surface area contributed by atoms with Crippen LogP contribution in [0.4, 0.5) is 8.78 Å².